The van der Waals surface area contributed by atoms with E-state index in [9.17, 15) is 0 Å². The van der Waals surface area contributed by atoms with E-state index in [4.69, 9.17) is 5.73 Å². The second-order valence-electron chi connectivity index (χ2n) is 3.71. The van der Waals surface area contributed by atoms with Gasteiger partial charge in [-0.25, -0.2) is 4.98 Å². The Morgan fingerprint density at radius 3 is 2.27 bits per heavy atom. The molecular formula is C11H20N4. The Bertz CT molecular complexity index is 285. The summed E-state index contributed by atoms with van der Waals surface area (Å²) in [6, 6.07) is 1.99. The number of hydrogen-bond donors (Lipinski definition) is 1. The summed E-state index contributed by atoms with van der Waals surface area (Å²) in [7, 11) is 0. The van der Waals surface area contributed by atoms with Crippen molar-refractivity contribution in [1.29, 1.82) is 0 Å². The quantitative estimate of drug-likeness (QED) is 0.804. The number of hydrogen-bond acceptors (Lipinski definition) is 4. The van der Waals surface area contributed by atoms with Crippen molar-refractivity contribution in [3.8, 4) is 0 Å². The van der Waals surface area contributed by atoms with Crippen LogP contribution in [-0.4, -0.2) is 23.1 Å². The molecule has 1 aromatic heterocycles. The van der Waals surface area contributed by atoms with Crippen molar-refractivity contribution < 1.29 is 0 Å². The van der Waals surface area contributed by atoms with E-state index in [0.717, 1.165) is 37.4 Å². The fourth-order valence-electron chi connectivity index (χ4n) is 1.62. The van der Waals surface area contributed by atoms with Gasteiger partial charge < -0.3 is 10.6 Å². The standard InChI is InChI=1S/C11H20N4/c1-4-6-15(7-5-2)10-8-9(3)13-11(12)14-10/h8H,4-7H2,1-3H3,(H2,12,13,14). The molecule has 4 heteroatoms. The van der Waals surface area contributed by atoms with Crippen LogP contribution in [0.5, 0.6) is 0 Å². The van der Waals surface area contributed by atoms with Gasteiger partial charge in [0, 0.05) is 24.8 Å². The lowest BCUT2D eigenvalue weighted by Gasteiger charge is -2.22. The molecule has 2 N–H and O–H groups in total. The van der Waals surface area contributed by atoms with Crippen LogP contribution in [0.2, 0.25) is 0 Å². The van der Waals surface area contributed by atoms with E-state index in [2.05, 4.69) is 28.7 Å². The van der Waals surface area contributed by atoms with Crippen LogP contribution in [0, 0.1) is 6.92 Å². The summed E-state index contributed by atoms with van der Waals surface area (Å²) in [5, 5.41) is 0. The van der Waals surface area contributed by atoms with Gasteiger partial charge in [-0.3, -0.25) is 0 Å². The van der Waals surface area contributed by atoms with E-state index in [1.807, 2.05) is 13.0 Å². The van der Waals surface area contributed by atoms with Crippen LogP contribution in [0.1, 0.15) is 32.4 Å². The smallest absolute Gasteiger partial charge is 0.222 e. The lowest BCUT2D eigenvalue weighted by molar-refractivity contribution is 0.732. The molecule has 0 aliphatic carbocycles. The molecule has 0 saturated heterocycles. The Morgan fingerprint density at radius 2 is 1.80 bits per heavy atom. The van der Waals surface area contributed by atoms with Crippen molar-refractivity contribution in [2.45, 2.75) is 33.6 Å². The maximum Gasteiger partial charge on any atom is 0.222 e. The summed E-state index contributed by atoms with van der Waals surface area (Å²) in [5.74, 6) is 1.31. The number of rotatable bonds is 5. The molecule has 0 atom stereocenters. The Morgan fingerprint density at radius 1 is 1.20 bits per heavy atom. The third kappa shape index (κ3) is 3.38. The van der Waals surface area contributed by atoms with E-state index < -0.39 is 0 Å². The molecule has 0 aliphatic rings. The largest absolute Gasteiger partial charge is 0.368 e. The molecular weight excluding hydrogens is 188 g/mol. The molecule has 0 amide bonds. The van der Waals surface area contributed by atoms with Crippen LogP contribution in [0.15, 0.2) is 6.07 Å². The molecule has 0 bridgehead atoms. The minimum absolute atomic E-state index is 0.363. The number of anilines is 2. The van der Waals surface area contributed by atoms with Crippen LogP contribution in [0.3, 0.4) is 0 Å². The zero-order valence-electron chi connectivity index (χ0n) is 9.82. The van der Waals surface area contributed by atoms with Crippen molar-refractivity contribution in [3.05, 3.63) is 11.8 Å². The summed E-state index contributed by atoms with van der Waals surface area (Å²) < 4.78 is 0. The molecule has 4 nitrogen and oxygen atoms in total. The summed E-state index contributed by atoms with van der Waals surface area (Å²) >= 11 is 0. The van der Waals surface area contributed by atoms with Gasteiger partial charge in [0.1, 0.15) is 5.82 Å². The van der Waals surface area contributed by atoms with E-state index in [0.29, 0.717) is 5.95 Å². The highest BCUT2D eigenvalue weighted by atomic mass is 15.2. The first-order chi connectivity index (χ1) is 7.17. The molecule has 84 valence electrons. The molecule has 0 fully saturated rings. The van der Waals surface area contributed by atoms with Crippen LogP contribution >= 0.6 is 0 Å². The van der Waals surface area contributed by atoms with Crippen molar-refractivity contribution in [2.24, 2.45) is 0 Å². The van der Waals surface area contributed by atoms with Crippen LogP contribution in [0.25, 0.3) is 0 Å². The van der Waals surface area contributed by atoms with Crippen molar-refractivity contribution in [2.75, 3.05) is 23.7 Å². The summed E-state index contributed by atoms with van der Waals surface area (Å²) in [4.78, 5) is 10.6. The van der Waals surface area contributed by atoms with Gasteiger partial charge in [-0.05, 0) is 19.8 Å². The highest BCUT2D eigenvalue weighted by molar-refractivity contribution is 5.43. The predicted molar refractivity (Wildman–Crippen MR) is 64.0 cm³/mol. The molecule has 0 aromatic carbocycles. The van der Waals surface area contributed by atoms with Crippen LogP contribution in [-0.2, 0) is 0 Å². The first-order valence-corrected chi connectivity index (χ1v) is 5.53. The molecule has 0 saturated carbocycles. The topological polar surface area (TPSA) is 55.0 Å². The highest BCUT2D eigenvalue weighted by Gasteiger charge is 2.07. The normalized spacial score (nSPS) is 10.3. The van der Waals surface area contributed by atoms with E-state index in [1.165, 1.54) is 0 Å². The zero-order chi connectivity index (χ0) is 11.3. The van der Waals surface area contributed by atoms with Crippen LogP contribution in [0.4, 0.5) is 11.8 Å². The molecule has 0 radical (unpaired) electrons. The summed E-state index contributed by atoms with van der Waals surface area (Å²) in [5.41, 5.74) is 6.57. The molecule has 1 rings (SSSR count). The Hall–Kier alpha value is -1.32. The summed E-state index contributed by atoms with van der Waals surface area (Å²) in [6.45, 7) is 8.31. The molecule has 0 unspecified atom stereocenters. The molecule has 0 aliphatic heterocycles. The average Bonchev–Trinajstić information content (AvgIpc) is 2.16. The van der Waals surface area contributed by atoms with Gasteiger partial charge in [0.05, 0.1) is 0 Å². The third-order valence-electron chi connectivity index (χ3n) is 2.17. The number of aryl methyl sites for hydroxylation is 1. The Labute approximate surface area is 91.5 Å². The van der Waals surface area contributed by atoms with E-state index in [-0.39, 0.29) is 0 Å². The molecule has 0 spiro atoms. The first-order valence-electron chi connectivity index (χ1n) is 5.53. The number of aromatic nitrogens is 2. The van der Waals surface area contributed by atoms with Crippen LogP contribution < -0.4 is 10.6 Å². The summed E-state index contributed by atoms with van der Waals surface area (Å²) in [6.07, 6.45) is 2.23. The second kappa shape index (κ2) is 5.53. The molecule has 1 heterocycles. The minimum atomic E-state index is 0.363. The third-order valence-corrected chi connectivity index (χ3v) is 2.17. The van der Waals surface area contributed by atoms with Gasteiger partial charge in [-0.15, -0.1) is 0 Å². The van der Waals surface area contributed by atoms with Gasteiger partial charge in [0.2, 0.25) is 5.95 Å². The van der Waals surface area contributed by atoms with Crippen molar-refractivity contribution >= 4 is 11.8 Å². The maximum atomic E-state index is 5.64. The van der Waals surface area contributed by atoms with E-state index in [1.54, 1.807) is 0 Å². The first kappa shape index (κ1) is 11.8. The van der Waals surface area contributed by atoms with Gasteiger partial charge in [0.15, 0.2) is 0 Å². The minimum Gasteiger partial charge on any atom is -0.368 e. The number of nitrogens with zero attached hydrogens (tertiary/aromatic N) is 3. The van der Waals surface area contributed by atoms with Gasteiger partial charge in [-0.1, -0.05) is 13.8 Å². The molecule has 1 aromatic rings. The highest BCUT2D eigenvalue weighted by Crippen LogP contribution is 2.14. The van der Waals surface area contributed by atoms with Gasteiger partial charge in [0.25, 0.3) is 0 Å². The number of nitrogens with two attached hydrogens (primary N) is 1. The fourth-order valence-corrected chi connectivity index (χ4v) is 1.62. The maximum absolute atomic E-state index is 5.64. The fraction of sp³-hybridized carbons (Fsp3) is 0.636. The Balaban J connectivity index is 2.88. The lowest BCUT2D eigenvalue weighted by Crippen LogP contribution is -2.26. The lowest BCUT2D eigenvalue weighted by atomic mass is 10.3. The van der Waals surface area contributed by atoms with Crippen molar-refractivity contribution in [1.82, 2.24) is 9.97 Å². The Kier molecular flexibility index (Phi) is 4.34. The SMILES string of the molecule is CCCN(CCC)c1cc(C)nc(N)n1. The predicted octanol–water partition coefficient (Wildman–Crippen LogP) is 1.99. The molecule has 15 heavy (non-hydrogen) atoms. The average molecular weight is 208 g/mol. The second-order valence-corrected chi connectivity index (χ2v) is 3.71. The van der Waals surface area contributed by atoms with E-state index >= 15 is 0 Å². The zero-order valence-corrected chi connectivity index (χ0v) is 9.82. The monoisotopic (exact) mass is 208 g/mol. The van der Waals surface area contributed by atoms with Gasteiger partial charge >= 0.3 is 0 Å². The van der Waals surface area contributed by atoms with Gasteiger partial charge in [-0.2, -0.15) is 4.98 Å². The van der Waals surface area contributed by atoms with Crippen molar-refractivity contribution in [3.63, 3.8) is 0 Å². The number of nitrogen functional groups attached to an aromatic ring is 1.